The molecule has 1 aliphatic carbocycles. The molecule has 3 nitrogen and oxygen atoms in total. The highest BCUT2D eigenvalue weighted by molar-refractivity contribution is 4.77. The number of ether oxygens (including phenoxy) is 2. The van der Waals surface area contributed by atoms with E-state index in [9.17, 15) is 0 Å². The van der Waals surface area contributed by atoms with Gasteiger partial charge in [0.15, 0.2) is 0 Å². The fraction of sp³-hybridized carbons (Fsp3) is 1.00. The summed E-state index contributed by atoms with van der Waals surface area (Å²) in [7, 11) is 2.10. The Morgan fingerprint density at radius 2 is 1.57 bits per heavy atom. The highest BCUT2D eigenvalue weighted by Crippen LogP contribution is 2.21. The van der Waals surface area contributed by atoms with Crippen LogP contribution in [0.1, 0.15) is 70.6 Å². The Morgan fingerprint density at radius 1 is 0.905 bits per heavy atom. The van der Waals surface area contributed by atoms with Crippen LogP contribution in [-0.4, -0.2) is 39.0 Å². The Hall–Kier alpha value is -0.120. The van der Waals surface area contributed by atoms with Crippen molar-refractivity contribution in [3.63, 3.8) is 0 Å². The largest absolute Gasteiger partial charge is 0.381 e. The molecule has 2 aliphatic rings. The number of nitrogens with one attached hydrogen (secondary N) is 1. The standard InChI is InChI=1S/C18H35NO2/c1-19-17-10-8-6-4-2-3-5-7-9-11-18(17)21-15-16-12-13-20-14-16/h16-19H,2-15H2,1H3. The molecule has 21 heavy (non-hydrogen) atoms. The van der Waals surface area contributed by atoms with Crippen molar-refractivity contribution in [1.82, 2.24) is 5.32 Å². The monoisotopic (exact) mass is 297 g/mol. The second-order valence-corrected chi connectivity index (χ2v) is 6.90. The smallest absolute Gasteiger partial charge is 0.0728 e. The highest BCUT2D eigenvalue weighted by Gasteiger charge is 2.23. The van der Waals surface area contributed by atoms with Gasteiger partial charge in [-0.25, -0.2) is 0 Å². The summed E-state index contributed by atoms with van der Waals surface area (Å²) >= 11 is 0. The van der Waals surface area contributed by atoms with Crippen molar-refractivity contribution in [2.75, 3.05) is 26.9 Å². The molecule has 3 heteroatoms. The molecule has 2 rings (SSSR count). The first-order valence-electron chi connectivity index (χ1n) is 9.26. The molecule has 0 spiro atoms. The molecule has 1 N–H and O–H groups in total. The van der Waals surface area contributed by atoms with Crippen molar-refractivity contribution >= 4 is 0 Å². The summed E-state index contributed by atoms with van der Waals surface area (Å²) in [6.45, 7) is 2.72. The first-order chi connectivity index (χ1) is 10.4. The zero-order chi connectivity index (χ0) is 14.8. The molecule has 1 heterocycles. The second kappa shape index (κ2) is 10.6. The van der Waals surface area contributed by atoms with E-state index in [0.717, 1.165) is 19.8 Å². The van der Waals surface area contributed by atoms with E-state index in [1.54, 1.807) is 0 Å². The molecular formula is C18H35NO2. The zero-order valence-electron chi connectivity index (χ0n) is 13.9. The Bertz CT molecular complexity index is 254. The van der Waals surface area contributed by atoms with E-state index in [1.807, 2.05) is 0 Å². The molecule has 0 bridgehead atoms. The van der Waals surface area contributed by atoms with Gasteiger partial charge in [0.2, 0.25) is 0 Å². The van der Waals surface area contributed by atoms with Gasteiger partial charge in [-0.2, -0.15) is 0 Å². The van der Waals surface area contributed by atoms with Crippen molar-refractivity contribution in [2.24, 2.45) is 5.92 Å². The van der Waals surface area contributed by atoms with Crippen LogP contribution in [0.15, 0.2) is 0 Å². The molecule has 0 aromatic heterocycles. The first-order valence-corrected chi connectivity index (χ1v) is 9.26. The van der Waals surface area contributed by atoms with E-state index in [-0.39, 0.29) is 0 Å². The van der Waals surface area contributed by atoms with E-state index in [4.69, 9.17) is 9.47 Å². The van der Waals surface area contributed by atoms with Crippen LogP contribution in [0.25, 0.3) is 0 Å². The molecule has 1 aliphatic heterocycles. The van der Waals surface area contributed by atoms with Crippen molar-refractivity contribution in [1.29, 1.82) is 0 Å². The maximum absolute atomic E-state index is 6.33. The highest BCUT2D eigenvalue weighted by atomic mass is 16.5. The van der Waals surface area contributed by atoms with Gasteiger partial charge in [0.25, 0.3) is 0 Å². The van der Waals surface area contributed by atoms with Gasteiger partial charge in [-0.15, -0.1) is 0 Å². The second-order valence-electron chi connectivity index (χ2n) is 6.90. The van der Waals surface area contributed by atoms with Crippen LogP contribution < -0.4 is 5.32 Å². The summed E-state index contributed by atoms with van der Waals surface area (Å²) in [6, 6.07) is 0.534. The molecule has 3 unspecified atom stereocenters. The molecule has 0 aromatic rings. The summed E-state index contributed by atoms with van der Waals surface area (Å²) in [5.74, 6) is 0.629. The Balaban J connectivity index is 1.80. The van der Waals surface area contributed by atoms with Gasteiger partial charge in [-0.3, -0.25) is 0 Å². The van der Waals surface area contributed by atoms with E-state index >= 15 is 0 Å². The van der Waals surface area contributed by atoms with Gasteiger partial charge >= 0.3 is 0 Å². The maximum atomic E-state index is 6.33. The predicted molar refractivity (Wildman–Crippen MR) is 87.7 cm³/mol. The summed E-state index contributed by atoms with van der Waals surface area (Å²) in [5.41, 5.74) is 0. The van der Waals surface area contributed by atoms with Crippen LogP contribution in [0.5, 0.6) is 0 Å². The van der Waals surface area contributed by atoms with E-state index in [0.29, 0.717) is 18.1 Å². The van der Waals surface area contributed by atoms with Crippen molar-refractivity contribution in [3.8, 4) is 0 Å². The summed E-state index contributed by atoms with van der Waals surface area (Å²) < 4.78 is 11.8. The molecular weight excluding hydrogens is 262 g/mol. The average Bonchev–Trinajstić information content (AvgIpc) is 3.00. The van der Waals surface area contributed by atoms with Crippen LogP contribution in [-0.2, 0) is 9.47 Å². The van der Waals surface area contributed by atoms with Crippen LogP contribution in [0.4, 0.5) is 0 Å². The van der Waals surface area contributed by atoms with Crippen molar-refractivity contribution in [2.45, 2.75) is 82.8 Å². The number of hydrogen-bond acceptors (Lipinski definition) is 3. The van der Waals surface area contributed by atoms with Crippen molar-refractivity contribution < 1.29 is 9.47 Å². The van der Waals surface area contributed by atoms with Crippen LogP contribution in [0.2, 0.25) is 0 Å². The molecule has 0 amide bonds. The van der Waals surface area contributed by atoms with Gasteiger partial charge < -0.3 is 14.8 Å². The number of likely N-dealkylation sites (N-methyl/N-ethyl adjacent to an activating group) is 1. The fourth-order valence-corrected chi connectivity index (χ4v) is 3.66. The fourth-order valence-electron chi connectivity index (χ4n) is 3.66. The molecule has 2 fully saturated rings. The zero-order valence-corrected chi connectivity index (χ0v) is 13.9. The molecule has 3 atom stereocenters. The third-order valence-corrected chi connectivity index (χ3v) is 5.14. The first kappa shape index (κ1) is 17.2. The summed E-state index contributed by atoms with van der Waals surface area (Å²) in [4.78, 5) is 0. The minimum Gasteiger partial charge on any atom is -0.381 e. The van der Waals surface area contributed by atoms with Gasteiger partial charge in [0, 0.05) is 18.6 Å². The predicted octanol–water partition coefficient (Wildman–Crippen LogP) is 3.91. The molecule has 0 aromatic carbocycles. The van der Waals surface area contributed by atoms with Gasteiger partial charge in [-0.1, -0.05) is 51.4 Å². The Labute approximate surface area is 131 Å². The lowest BCUT2D eigenvalue weighted by atomic mass is 9.95. The van der Waals surface area contributed by atoms with Gasteiger partial charge in [0.1, 0.15) is 0 Å². The lowest BCUT2D eigenvalue weighted by molar-refractivity contribution is -0.00281. The van der Waals surface area contributed by atoms with E-state index in [2.05, 4.69) is 12.4 Å². The van der Waals surface area contributed by atoms with Crippen LogP contribution in [0.3, 0.4) is 0 Å². The summed E-state index contributed by atoms with van der Waals surface area (Å²) in [6.07, 6.45) is 15.2. The van der Waals surface area contributed by atoms with E-state index in [1.165, 1.54) is 70.6 Å². The van der Waals surface area contributed by atoms with E-state index < -0.39 is 0 Å². The SMILES string of the molecule is CNC1CCCCCCCCCCC1OCC1CCOC1. The molecule has 1 saturated heterocycles. The third-order valence-electron chi connectivity index (χ3n) is 5.14. The average molecular weight is 297 g/mol. The Morgan fingerprint density at radius 3 is 2.19 bits per heavy atom. The lowest BCUT2D eigenvalue weighted by Crippen LogP contribution is -2.40. The minimum atomic E-state index is 0.398. The summed E-state index contributed by atoms with van der Waals surface area (Å²) in [5, 5.41) is 3.53. The Kier molecular flexibility index (Phi) is 8.68. The van der Waals surface area contributed by atoms with Crippen LogP contribution in [0, 0.1) is 5.92 Å². The molecule has 0 radical (unpaired) electrons. The topological polar surface area (TPSA) is 30.5 Å². The molecule has 1 saturated carbocycles. The quantitative estimate of drug-likeness (QED) is 0.853. The van der Waals surface area contributed by atoms with Gasteiger partial charge in [0.05, 0.1) is 19.3 Å². The van der Waals surface area contributed by atoms with Gasteiger partial charge in [-0.05, 0) is 26.3 Å². The number of rotatable bonds is 4. The molecule has 124 valence electrons. The van der Waals surface area contributed by atoms with Crippen molar-refractivity contribution in [3.05, 3.63) is 0 Å². The third kappa shape index (κ3) is 6.66. The lowest BCUT2D eigenvalue weighted by Gasteiger charge is -2.28. The normalized spacial score (nSPS) is 33.3. The number of hydrogen-bond donors (Lipinski definition) is 1. The minimum absolute atomic E-state index is 0.398. The van der Waals surface area contributed by atoms with Crippen LogP contribution >= 0.6 is 0 Å². The maximum Gasteiger partial charge on any atom is 0.0728 e.